The number of rotatable bonds is 7. The van der Waals surface area contributed by atoms with Crippen molar-refractivity contribution in [2.24, 2.45) is 0 Å². The molecular weight excluding hydrogens is 438 g/mol. The Kier molecular flexibility index (Phi) is 5.66. The predicted octanol–water partition coefficient (Wildman–Crippen LogP) is 4.87. The Morgan fingerprint density at radius 2 is 1.97 bits per heavy atom. The summed E-state index contributed by atoms with van der Waals surface area (Å²) in [7, 11) is 0. The second kappa shape index (κ2) is 8.91. The molecule has 33 heavy (non-hydrogen) atoms. The minimum absolute atomic E-state index is 0.0831. The van der Waals surface area contributed by atoms with Crippen molar-refractivity contribution in [1.29, 1.82) is 0 Å². The van der Waals surface area contributed by atoms with E-state index in [2.05, 4.69) is 15.0 Å². The van der Waals surface area contributed by atoms with Crippen LogP contribution in [0.4, 0.5) is 0 Å². The molecule has 0 saturated carbocycles. The van der Waals surface area contributed by atoms with Crippen LogP contribution in [0.3, 0.4) is 0 Å². The van der Waals surface area contributed by atoms with E-state index >= 15 is 0 Å². The summed E-state index contributed by atoms with van der Waals surface area (Å²) in [5, 5.41) is 10.9. The standard InChI is InChI=1S/C25H21N3O4S/c1-15-19(27-24(32-15)16-6-3-2-4-7-16)11-13-31-20-10-9-17(18-8-5-12-26-22(18)20)14-21-23(29)28-25(30)33-21/h2-10,12,29H,11,13-14H2,1H3,(H,28,30). The van der Waals surface area contributed by atoms with Crippen molar-refractivity contribution in [2.75, 3.05) is 6.61 Å². The third-order valence-corrected chi connectivity index (χ3v) is 6.26. The maximum Gasteiger partial charge on any atom is 0.307 e. The van der Waals surface area contributed by atoms with Crippen molar-refractivity contribution in [3.63, 3.8) is 0 Å². The van der Waals surface area contributed by atoms with E-state index in [-0.39, 0.29) is 10.8 Å². The smallest absolute Gasteiger partial charge is 0.307 e. The number of nitrogens with zero attached hydrogens (tertiary/aromatic N) is 2. The quantitative estimate of drug-likeness (QED) is 0.360. The molecule has 0 aliphatic carbocycles. The molecule has 2 N–H and O–H groups in total. The van der Waals surface area contributed by atoms with Gasteiger partial charge in [-0.05, 0) is 36.8 Å². The second-order valence-corrected chi connectivity index (χ2v) is 8.64. The number of hydrogen-bond donors (Lipinski definition) is 2. The highest BCUT2D eigenvalue weighted by molar-refractivity contribution is 7.09. The number of fused-ring (bicyclic) bond motifs is 1. The number of aromatic amines is 1. The lowest BCUT2D eigenvalue weighted by Crippen LogP contribution is -2.04. The average molecular weight is 460 g/mol. The van der Waals surface area contributed by atoms with Crippen LogP contribution in [0.5, 0.6) is 11.6 Å². The number of nitrogens with one attached hydrogen (secondary N) is 1. The summed E-state index contributed by atoms with van der Waals surface area (Å²) in [6.07, 6.45) is 2.75. The predicted molar refractivity (Wildman–Crippen MR) is 127 cm³/mol. The third kappa shape index (κ3) is 4.38. The zero-order valence-electron chi connectivity index (χ0n) is 17.9. The number of aryl methyl sites for hydroxylation is 1. The van der Waals surface area contributed by atoms with E-state index in [0.717, 1.165) is 44.8 Å². The van der Waals surface area contributed by atoms with Crippen molar-refractivity contribution in [2.45, 2.75) is 19.8 Å². The molecule has 0 unspecified atom stereocenters. The lowest BCUT2D eigenvalue weighted by atomic mass is 10.0. The lowest BCUT2D eigenvalue weighted by Gasteiger charge is -2.11. The molecule has 3 aromatic heterocycles. The van der Waals surface area contributed by atoms with E-state index in [0.29, 0.717) is 36.0 Å². The van der Waals surface area contributed by atoms with E-state index in [1.54, 1.807) is 6.20 Å². The summed E-state index contributed by atoms with van der Waals surface area (Å²) in [5.41, 5.74) is 3.49. The van der Waals surface area contributed by atoms with Gasteiger partial charge in [0.25, 0.3) is 0 Å². The minimum Gasteiger partial charge on any atom is -0.494 e. The highest BCUT2D eigenvalue weighted by Crippen LogP contribution is 2.30. The topological polar surface area (TPSA) is 101 Å². The highest BCUT2D eigenvalue weighted by atomic mass is 32.1. The normalized spacial score (nSPS) is 11.2. The van der Waals surface area contributed by atoms with E-state index < -0.39 is 0 Å². The molecule has 2 aromatic carbocycles. The van der Waals surface area contributed by atoms with Crippen molar-refractivity contribution < 1.29 is 14.3 Å². The number of pyridine rings is 1. The van der Waals surface area contributed by atoms with Gasteiger partial charge in [0, 0.05) is 30.0 Å². The minimum atomic E-state index is -0.275. The molecule has 5 aromatic rings. The molecule has 8 heteroatoms. The van der Waals surface area contributed by atoms with E-state index in [1.807, 2.05) is 61.5 Å². The second-order valence-electron chi connectivity index (χ2n) is 7.57. The highest BCUT2D eigenvalue weighted by Gasteiger charge is 2.14. The average Bonchev–Trinajstić information content (AvgIpc) is 3.36. The number of thiazole rings is 1. The van der Waals surface area contributed by atoms with Crippen LogP contribution in [-0.4, -0.2) is 26.7 Å². The van der Waals surface area contributed by atoms with Gasteiger partial charge in [-0.15, -0.1) is 0 Å². The fourth-order valence-corrected chi connectivity index (χ4v) is 4.49. The van der Waals surface area contributed by atoms with Crippen molar-refractivity contribution >= 4 is 22.2 Å². The van der Waals surface area contributed by atoms with Gasteiger partial charge in [0.2, 0.25) is 11.8 Å². The number of aromatic nitrogens is 3. The van der Waals surface area contributed by atoms with E-state index in [9.17, 15) is 9.90 Å². The number of aromatic hydroxyl groups is 1. The van der Waals surface area contributed by atoms with Gasteiger partial charge in [-0.1, -0.05) is 41.7 Å². The Morgan fingerprint density at radius 3 is 2.76 bits per heavy atom. The molecule has 5 rings (SSSR count). The van der Waals surface area contributed by atoms with E-state index in [1.165, 1.54) is 0 Å². The van der Waals surface area contributed by atoms with Gasteiger partial charge >= 0.3 is 4.87 Å². The maximum atomic E-state index is 11.5. The van der Waals surface area contributed by atoms with Crippen molar-refractivity contribution in [1.82, 2.24) is 15.0 Å². The first kappa shape index (κ1) is 21.0. The van der Waals surface area contributed by atoms with Gasteiger partial charge in [-0.2, -0.15) is 0 Å². The Labute approximate surface area is 193 Å². The summed E-state index contributed by atoms with van der Waals surface area (Å²) in [4.78, 5) is 23.4. The van der Waals surface area contributed by atoms with Crippen LogP contribution >= 0.6 is 11.3 Å². The lowest BCUT2D eigenvalue weighted by molar-refractivity contribution is 0.323. The SMILES string of the molecule is Cc1oc(-c2ccccc2)nc1CCOc1ccc(Cc2sc(=O)[nH]c2O)c2cccnc12. The maximum absolute atomic E-state index is 11.5. The molecule has 0 amide bonds. The molecule has 0 atom stereocenters. The summed E-state index contributed by atoms with van der Waals surface area (Å²) in [5.74, 6) is 1.97. The first-order chi connectivity index (χ1) is 16.1. The largest absolute Gasteiger partial charge is 0.494 e. The Balaban J connectivity index is 1.34. The molecule has 0 bridgehead atoms. The van der Waals surface area contributed by atoms with Gasteiger partial charge in [0.15, 0.2) is 0 Å². The number of hydrogen-bond acceptors (Lipinski definition) is 7. The van der Waals surface area contributed by atoms with Crippen LogP contribution in [0.15, 0.2) is 70.0 Å². The number of oxazole rings is 1. The van der Waals surface area contributed by atoms with Crippen LogP contribution in [0.1, 0.15) is 21.9 Å². The van der Waals surface area contributed by atoms with Crippen LogP contribution in [0, 0.1) is 6.92 Å². The molecule has 3 heterocycles. The molecule has 0 radical (unpaired) electrons. The van der Waals surface area contributed by atoms with E-state index in [4.69, 9.17) is 9.15 Å². The van der Waals surface area contributed by atoms with Crippen LogP contribution in [-0.2, 0) is 12.8 Å². The zero-order chi connectivity index (χ0) is 22.8. The van der Waals surface area contributed by atoms with Gasteiger partial charge in [-0.25, -0.2) is 4.98 Å². The molecule has 0 aliphatic heterocycles. The fraction of sp³-hybridized carbons (Fsp3) is 0.160. The molecule has 7 nitrogen and oxygen atoms in total. The van der Waals surface area contributed by atoms with Gasteiger partial charge < -0.3 is 14.3 Å². The number of H-pyrrole nitrogens is 1. The van der Waals surface area contributed by atoms with Crippen molar-refractivity contribution in [3.8, 4) is 23.1 Å². The van der Waals surface area contributed by atoms with Crippen LogP contribution in [0.25, 0.3) is 22.4 Å². The summed E-state index contributed by atoms with van der Waals surface area (Å²) < 4.78 is 11.9. The number of benzene rings is 2. The molecule has 0 fully saturated rings. The Bertz CT molecular complexity index is 1470. The number of ether oxygens (including phenoxy) is 1. The zero-order valence-corrected chi connectivity index (χ0v) is 18.7. The molecule has 166 valence electrons. The summed E-state index contributed by atoms with van der Waals surface area (Å²) in [6, 6.07) is 17.5. The third-order valence-electron chi connectivity index (χ3n) is 5.38. The summed E-state index contributed by atoms with van der Waals surface area (Å²) >= 11 is 1.01. The van der Waals surface area contributed by atoms with Gasteiger partial charge in [0.05, 0.1) is 17.2 Å². The first-order valence-corrected chi connectivity index (χ1v) is 11.3. The summed E-state index contributed by atoms with van der Waals surface area (Å²) in [6.45, 7) is 2.33. The molecule has 0 aliphatic rings. The first-order valence-electron chi connectivity index (χ1n) is 10.5. The molecule has 0 spiro atoms. The van der Waals surface area contributed by atoms with Crippen molar-refractivity contribution in [3.05, 3.63) is 92.4 Å². The monoisotopic (exact) mass is 459 g/mol. The fourth-order valence-electron chi connectivity index (χ4n) is 3.74. The molecular formula is C25H21N3O4S. The molecule has 0 saturated heterocycles. The van der Waals surface area contributed by atoms with Gasteiger partial charge in [-0.3, -0.25) is 14.8 Å². The Morgan fingerprint density at radius 1 is 1.12 bits per heavy atom. The van der Waals surface area contributed by atoms with Crippen LogP contribution in [0.2, 0.25) is 0 Å². The van der Waals surface area contributed by atoms with Crippen LogP contribution < -0.4 is 9.61 Å². The Hall–Kier alpha value is -3.91. The van der Waals surface area contributed by atoms with Gasteiger partial charge in [0.1, 0.15) is 17.0 Å².